The minimum atomic E-state index is -0.269. The normalized spacial score (nSPS) is 30.8. The zero-order chi connectivity index (χ0) is 13.4. The fourth-order valence-corrected chi connectivity index (χ4v) is 4.25. The maximum absolute atomic E-state index is 13.0. The Bertz CT molecular complexity index is 462. The molecule has 2 aliphatic rings. The largest absolute Gasteiger partial charge is 0.310 e. The van der Waals surface area contributed by atoms with E-state index in [-0.39, 0.29) is 11.9 Å². The third kappa shape index (κ3) is 2.80. The summed E-state index contributed by atoms with van der Waals surface area (Å²) in [6, 6.07) is 4.85. The summed E-state index contributed by atoms with van der Waals surface area (Å²) in [7, 11) is 0. The minimum Gasteiger partial charge on any atom is -0.310 e. The second-order valence-electron chi connectivity index (χ2n) is 6.23. The summed E-state index contributed by atoms with van der Waals surface area (Å²) in [4.78, 5) is 0. The summed E-state index contributed by atoms with van der Waals surface area (Å²) in [6.45, 7) is 3.17. The molecule has 2 aliphatic carbocycles. The molecule has 0 aliphatic heterocycles. The molecule has 2 saturated carbocycles. The van der Waals surface area contributed by atoms with Crippen LogP contribution in [0.15, 0.2) is 18.2 Å². The van der Waals surface area contributed by atoms with Crippen molar-refractivity contribution in [2.75, 3.05) is 6.54 Å². The van der Waals surface area contributed by atoms with Crippen LogP contribution in [0.5, 0.6) is 0 Å². The van der Waals surface area contributed by atoms with Crippen LogP contribution >= 0.6 is 11.6 Å². The molecule has 0 radical (unpaired) electrons. The maximum Gasteiger partial charge on any atom is 0.124 e. The first-order chi connectivity index (χ1) is 9.13. The monoisotopic (exact) mass is 281 g/mol. The molecule has 19 heavy (non-hydrogen) atoms. The topological polar surface area (TPSA) is 12.0 Å². The number of nitrogens with one attached hydrogen (secondary N) is 1. The summed E-state index contributed by atoms with van der Waals surface area (Å²) >= 11 is 6.10. The van der Waals surface area contributed by atoms with E-state index in [0.717, 1.165) is 29.9 Å². The lowest BCUT2D eigenvalue weighted by molar-refractivity contribution is 0.309. The first-order valence-electron chi connectivity index (χ1n) is 7.32. The summed E-state index contributed by atoms with van der Waals surface area (Å²) < 4.78 is 13.0. The molecule has 0 saturated heterocycles. The predicted molar refractivity (Wildman–Crippen MR) is 76.8 cm³/mol. The molecular formula is C16H21ClFN. The van der Waals surface area contributed by atoms with Gasteiger partial charge in [0.2, 0.25) is 0 Å². The Morgan fingerprint density at radius 1 is 1.37 bits per heavy atom. The molecule has 2 fully saturated rings. The fourth-order valence-electron chi connectivity index (χ4n) is 3.92. The summed E-state index contributed by atoms with van der Waals surface area (Å²) in [6.07, 6.45) is 5.70. The molecule has 104 valence electrons. The highest BCUT2D eigenvalue weighted by Gasteiger charge is 2.39. The molecule has 0 heterocycles. The van der Waals surface area contributed by atoms with Gasteiger partial charge in [0.05, 0.1) is 0 Å². The van der Waals surface area contributed by atoms with Crippen LogP contribution in [0.3, 0.4) is 0 Å². The van der Waals surface area contributed by atoms with E-state index in [2.05, 4.69) is 12.2 Å². The first-order valence-corrected chi connectivity index (χ1v) is 7.69. The van der Waals surface area contributed by atoms with Gasteiger partial charge in [-0.15, -0.1) is 0 Å². The highest BCUT2D eigenvalue weighted by atomic mass is 35.5. The summed E-state index contributed by atoms with van der Waals surface area (Å²) in [5.41, 5.74) is 0.992. The van der Waals surface area contributed by atoms with Crippen LogP contribution in [-0.2, 0) is 0 Å². The van der Waals surface area contributed by atoms with Gasteiger partial charge in [0.25, 0.3) is 0 Å². The zero-order valence-electron chi connectivity index (χ0n) is 11.3. The predicted octanol–water partition coefficient (Wildman–Crippen LogP) is 4.57. The number of rotatable bonds is 4. The Kier molecular flexibility index (Phi) is 3.81. The lowest BCUT2D eigenvalue weighted by Crippen LogP contribution is -2.28. The Hall–Kier alpha value is -0.600. The van der Waals surface area contributed by atoms with Crippen molar-refractivity contribution in [3.63, 3.8) is 0 Å². The second-order valence-corrected chi connectivity index (χ2v) is 6.64. The quantitative estimate of drug-likeness (QED) is 0.853. The van der Waals surface area contributed by atoms with Crippen molar-refractivity contribution in [1.29, 1.82) is 0 Å². The number of hydrogen-bond donors (Lipinski definition) is 1. The van der Waals surface area contributed by atoms with Crippen molar-refractivity contribution in [1.82, 2.24) is 5.32 Å². The van der Waals surface area contributed by atoms with E-state index in [4.69, 9.17) is 11.6 Å². The van der Waals surface area contributed by atoms with E-state index in [9.17, 15) is 4.39 Å². The fraction of sp³-hybridized carbons (Fsp3) is 0.625. The third-order valence-corrected chi connectivity index (χ3v) is 5.33. The van der Waals surface area contributed by atoms with Crippen LogP contribution in [0.2, 0.25) is 5.02 Å². The van der Waals surface area contributed by atoms with Crippen molar-refractivity contribution in [3.8, 4) is 0 Å². The van der Waals surface area contributed by atoms with E-state index in [1.807, 2.05) is 0 Å². The highest BCUT2D eigenvalue weighted by molar-refractivity contribution is 6.31. The third-order valence-electron chi connectivity index (χ3n) is 5.00. The van der Waals surface area contributed by atoms with Crippen molar-refractivity contribution >= 4 is 11.6 Å². The molecule has 1 aromatic rings. The molecule has 1 nitrogen and oxygen atoms in total. The van der Waals surface area contributed by atoms with Gasteiger partial charge in [0.1, 0.15) is 5.82 Å². The number of hydrogen-bond acceptors (Lipinski definition) is 1. The lowest BCUT2D eigenvalue weighted by atomic mass is 9.88. The SMILES string of the molecule is CC(NCC1CC2CCC1C2)c1ccc(F)cc1Cl. The van der Waals surface area contributed by atoms with Crippen LogP contribution < -0.4 is 5.32 Å². The molecule has 1 N–H and O–H groups in total. The van der Waals surface area contributed by atoms with Gasteiger partial charge in [0.15, 0.2) is 0 Å². The molecule has 3 heteroatoms. The van der Waals surface area contributed by atoms with Crippen LogP contribution in [0.25, 0.3) is 0 Å². The van der Waals surface area contributed by atoms with Crippen LogP contribution in [0, 0.1) is 23.6 Å². The first kappa shape index (κ1) is 13.4. The van der Waals surface area contributed by atoms with Crippen molar-refractivity contribution in [2.45, 2.75) is 38.6 Å². The smallest absolute Gasteiger partial charge is 0.124 e. The van der Waals surface area contributed by atoms with Gasteiger partial charge in [0, 0.05) is 11.1 Å². The average molecular weight is 282 g/mol. The summed E-state index contributed by atoms with van der Waals surface area (Å²) in [5, 5.41) is 4.10. The van der Waals surface area contributed by atoms with Gasteiger partial charge >= 0.3 is 0 Å². The average Bonchev–Trinajstić information content (AvgIpc) is 2.98. The van der Waals surface area contributed by atoms with Crippen LogP contribution in [0.4, 0.5) is 4.39 Å². The number of fused-ring (bicyclic) bond motifs is 2. The van der Waals surface area contributed by atoms with Gasteiger partial charge in [-0.05, 0) is 68.2 Å². The maximum atomic E-state index is 13.0. The second kappa shape index (κ2) is 5.41. The summed E-state index contributed by atoms with van der Waals surface area (Å²) in [5.74, 6) is 2.49. The molecule has 4 unspecified atom stereocenters. The van der Waals surface area contributed by atoms with Gasteiger partial charge in [-0.25, -0.2) is 4.39 Å². The van der Waals surface area contributed by atoms with E-state index < -0.39 is 0 Å². The molecule has 4 atom stereocenters. The highest BCUT2D eigenvalue weighted by Crippen LogP contribution is 2.48. The van der Waals surface area contributed by atoms with E-state index in [0.29, 0.717) is 5.02 Å². The van der Waals surface area contributed by atoms with Crippen molar-refractivity contribution in [2.24, 2.45) is 17.8 Å². The van der Waals surface area contributed by atoms with Gasteiger partial charge < -0.3 is 5.32 Å². The Labute approximate surface area is 119 Å². The lowest BCUT2D eigenvalue weighted by Gasteiger charge is -2.24. The molecule has 2 bridgehead atoms. The van der Waals surface area contributed by atoms with Crippen LogP contribution in [-0.4, -0.2) is 6.54 Å². The molecular weight excluding hydrogens is 261 g/mol. The standard InChI is InChI=1S/C16H21ClFN/c1-10(15-5-4-14(18)8-16(15)17)19-9-13-7-11-2-3-12(13)6-11/h4-5,8,10-13,19H,2-3,6-7,9H2,1H3. The van der Waals surface area contributed by atoms with Gasteiger partial charge in [-0.3, -0.25) is 0 Å². The minimum absolute atomic E-state index is 0.187. The molecule has 0 amide bonds. The van der Waals surface area contributed by atoms with E-state index in [1.165, 1.54) is 37.8 Å². The Balaban J connectivity index is 1.57. The molecule has 3 rings (SSSR count). The van der Waals surface area contributed by atoms with E-state index >= 15 is 0 Å². The Morgan fingerprint density at radius 2 is 2.21 bits per heavy atom. The van der Waals surface area contributed by atoms with Gasteiger partial charge in [-0.1, -0.05) is 24.1 Å². The van der Waals surface area contributed by atoms with Crippen LogP contribution in [0.1, 0.15) is 44.2 Å². The van der Waals surface area contributed by atoms with Crippen molar-refractivity contribution < 1.29 is 4.39 Å². The molecule has 1 aromatic carbocycles. The molecule has 0 aromatic heterocycles. The Morgan fingerprint density at radius 3 is 2.84 bits per heavy atom. The van der Waals surface area contributed by atoms with E-state index in [1.54, 1.807) is 6.07 Å². The van der Waals surface area contributed by atoms with Crippen molar-refractivity contribution in [3.05, 3.63) is 34.6 Å². The number of halogens is 2. The van der Waals surface area contributed by atoms with Gasteiger partial charge in [-0.2, -0.15) is 0 Å². The zero-order valence-corrected chi connectivity index (χ0v) is 12.1. The number of benzene rings is 1. The molecule has 0 spiro atoms.